The number of carboxylic acids is 1. The number of nitrogens with two attached hydrogens (primary N) is 1. The van der Waals surface area contributed by atoms with Gasteiger partial charge in [0, 0.05) is 6.04 Å². The van der Waals surface area contributed by atoms with Crippen LogP contribution in [0.1, 0.15) is 31.7 Å². The molecule has 2 unspecified atom stereocenters. The Morgan fingerprint density at radius 2 is 1.95 bits per heavy atom. The third-order valence-electron chi connectivity index (χ3n) is 3.18. The molecule has 0 spiro atoms. The van der Waals surface area contributed by atoms with Crippen molar-refractivity contribution in [1.29, 1.82) is 0 Å². The quantitative estimate of drug-likeness (QED) is 0.668. The number of nitrogens with one attached hydrogen (secondary N) is 1. The first-order chi connectivity index (χ1) is 9.52. The van der Waals surface area contributed by atoms with Gasteiger partial charge >= 0.3 is 5.97 Å². The van der Waals surface area contributed by atoms with Crippen LogP contribution in [0.5, 0.6) is 0 Å². The zero-order valence-corrected chi connectivity index (χ0v) is 11.7. The molecule has 5 nitrogen and oxygen atoms in total. The minimum Gasteiger partial charge on any atom is -0.481 e. The lowest BCUT2D eigenvalue weighted by Gasteiger charge is -2.18. The van der Waals surface area contributed by atoms with E-state index in [1.807, 2.05) is 37.3 Å². The molecule has 0 bridgehead atoms. The zero-order valence-electron chi connectivity index (χ0n) is 11.7. The fraction of sp³-hybridized carbons (Fsp3) is 0.467. The summed E-state index contributed by atoms with van der Waals surface area (Å²) in [5, 5.41) is 11.4. The van der Waals surface area contributed by atoms with Crippen LogP contribution >= 0.6 is 0 Å². The lowest BCUT2D eigenvalue weighted by atomic mass is 10.0. The summed E-state index contributed by atoms with van der Waals surface area (Å²) in [5.41, 5.74) is 6.97. The maximum absolute atomic E-state index is 11.9. The minimum atomic E-state index is -0.921. The topological polar surface area (TPSA) is 92.4 Å². The van der Waals surface area contributed by atoms with Crippen molar-refractivity contribution in [2.45, 2.75) is 44.7 Å². The first-order valence-corrected chi connectivity index (χ1v) is 6.84. The van der Waals surface area contributed by atoms with E-state index >= 15 is 0 Å². The third kappa shape index (κ3) is 5.84. The van der Waals surface area contributed by atoms with E-state index in [-0.39, 0.29) is 18.4 Å². The summed E-state index contributed by atoms with van der Waals surface area (Å²) in [5.74, 6) is -1.20. The summed E-state index contributed by atoms with van der Waals surface area (Å²) < 4.78 is 0. The summed E-state index contributed by atoms with van der Waals surface area (Å²) in [6.45, 7) is 1.84. The number of hydrogen-bond acceptors (Lipinski definition) is 3. The summed E-state index contributed by atoms with van der Waals surface area (Å²) in [6.07, 6.45) is 1.77. The fourth-order valence-corrected chi connectivity index (χ4v) is 1.91. The van der Waals surface area contributed by atoms with E-state index in [1.165, 1.54) is 0 Å². The Bertz CT molecular complexity index is 434. The monoisotopic (exact) mass is 278 g/mol. The first kappa shape index (κ1) is 16.2. The lowest BCUT2D eigenvalue weighted by Crippen LogP contribution is -2.46. The van der Waals surface area contributed by atoms with Crippen LogP contribution < -0.4 is 11.1 Å². The van der Waals surface area contributed by atoms with Crippen molar-refractivity contribution in [3.63, 3.8) is 0 Å². The van der Waals surface area contributed by atoms with Gasteiger partial charge in [0.15, 0.2) is 0 Å². The summed E-state index contributed by atoms with van der Waals surface area (Å²) in [7, 11) is 0. The Balaban J connectivity index is 2.40. The number of carbonyl (C=O) groups excluding carboxylic acids is 1. The predicted molar refractivity (Wildman–Crippen MR) is 77.2 cm³/mol. The van der Waals surface area contributed by atoms with Gasteiger partial charge in [-0.2, -0.15) is 0 Å². The van der Waals surface area contributed by atoms with Crippen LogP contribution in [0.15, 0.2) is 30.3 Å². The van der Waals surface area contributed by atoms with E-state index < -0.39 is 12.0 Å². The number of carboxylic acid groups (broad SMARTS) is 1. The van der Waals surface area contributed by atoms with E-state index in [2.05, 4.69) is 5.32 Å². The van der Waals surface area contributed by atoms with Crippen LogP contribution in [0.4, 0.5) is 0 Å². The standard InChI is InChI=1S/C15H22N2O3/c1-2-12(10-14(18)19)17-15(20)13(16)9-8-11-6-4-3-5-7-11/h3-7,12-13H,2,8-10,16H2,1H3,(H,17,20)(H,18,19). The Labute approximate surface area is 119 Å². The van der Waals surface area contributed by atoms with Crippen molar-refractivity contribution >= 4 is 11.9 Å². The second kappa shape index (κ2) is 8.32. The van der Waals surface area contributed by atoms with Crippen molar-refractivity contribution in [3.8, 4) is 0 Å². The molecule has 0 aliphatic heterocycles. The molecule has 0 radical (unpaired) electrons. The van der Waals surface area contributed by atoms with Gasteiger partial charge in [-0.25, -0.2) is 0 Å². The van der Waals surface area contributed by atoms with Gasteiger partial charge in [-0.05, 0) is 24.8 Å². The first-order valence-electron chi connectivity index (χ1n) is 6.84. The molecule has 5 heteroatoms. The molecular weight excluding hydrogens is 256 g/mol. The van der Waals surface area contributed by atoms with Gasteiger partial charge in [-0.1, -0.05) is 37.3 Å². The molecule has 1 aromatic rings. The number of hydrogen-bond donors (Lipinski definition) is 3. The second-order valence-corrected chi connectivity index (χ2v) is 4.84. The van der Waals surface area contributed by atoms with Crippen molar-refractivity contribution in [3.05, 3.63) is 35.9 Å². The number of aliphatic carboxylic acids is 1. The highest BCUT2D eigenvalue weighted by Crippen LogP contribution is 2.05. The van der Waals surface area contributed by atoms with Gasteiger partial charge in [-0.15, -0.1) is 0 Å². The highest BCUT2D eigenvalue weighted by atomic mass is 16.4. The van der Waals surface area contributed by atoms with Gasteiger partial charge in [0.25, 0.3) is 0 Å². The molecule has 1 aromatic carbocycles. The maximum Gasteiger partial charge on any atom is 0.305 e. The van der Waals surface area contributed by atoms with E-state index in [4.69, 9.17) is 10.8 Å². The molecular formula is C15H22N2O3. The third-order valence-corrected chi connectivity index (χ3v) is 3.18. The van der Waals surface area contributed by atoms with E-state index in [0.29, 0.717) is 12.8 Å². The van der Waals surface area contributed by atoms with E-state index in [9.17, 15) is 9.59 Å². The van der Waals surface area contributed by atoms with Crippen molar-refractivity contribution in [2.75, 3.05) is 0 Å². The number of amides is 1. The van der Waals surface area contributed by atoms with Crippen LogP contribution in [0.25, 0.3) is 0 Å². The van der Waals surface area contributed by atoms with Crippen LogP contribution in [0.3, 0.4) is 0 Å². The number of aryl methyl sites for hydroxylation is 1. The molecule has 1 amide bonds. The van der Waals surface area contributed by atoms with Gasteiger partial charge in [-0.3, -0.25) is 9.59 Å². The fourth-order valence-electron chi connectivity index (χ4n) is 1.91. The predicted octanol–water partition coefficient (Wildman–Crippen LogP) is 1.32. The van der Waals surface area contributed by atoms with Crippen molar-refractivity contribution in [1.82, 2.24) is 5.32 Å². The van der Waals surface area contributed by atoms with Crippen LogP contribution in [0.2, 0.25) is 0 Å². The Kier molecular flexibility index (Phi) is 6.73. The van der Waals surface area contributed by atoms with E-state index in [0.717, 1.165) is 12.0 Å². The smallest absolute Gasteiger partial charge is 0.305 e. The zero-order chi connectivity index (χ0) is 15.0. The highest BCUT2D eigenvalue weighted by Gasteiger charge is 2.18. The number of benzene rings is 1. The minimum absolute atomic E-state index is 0.0757. The summed E-state index contributed by atoms with van der Waals surface area (Å²) in [4.78, 5) is 22.5. The van der Waals surface area contributed by atoms with Gasteiger partial charge in [0.05, 0.1) is 12.5 Å². The Hall–Kier alpha value is -1.88. The largest absolute Gasteiger partial charge is 0.481 e. The molecule has 110 valence electrons. The SMILES string of the molecule is CCC(CC(=O)O)NC(=O)C(N)CCc1ccccc1. The highest BCUT2D eigenvalue weighted by molar-refractivity contribution is 5.82. The molecule has 20 heavy (non-hydrogen) atoms. The van der Waals surface area contributed by atoms with Crippen LogP contribution in [-0.4, -0.2) is 29.1 Å². The molecule has 0 saturated heterocycles. The Morgan fingerprint density at radius 1 is 1.30 bits per heavy atom. The number of carbonyl (C=O) groups is 2. The normalized spacial score (nSPS) is 13.5. The molecule has 0 aliphatic rings. The number of rotatable bonds is 8. The summed E-state index contributed by atoms with van der Waals surface area (Å²) in [6, 6.07) is 8.84. The molecule has 0 saturated carbocycles. The van der Waals surface area contributed by atoms with Crippen LogP contribution in [-0.2, 0) is 16.0 Å². The average molecular weight is 278 g/mol. The Morgan fingerprint density at radius 3 is 2.50 bits per heavy atom. The second-order valence-electron chi connectivity index (χ2n) is 4.84. The van der Waals surface area contributed by atoms with E-state index in [1.54, 1.807) is 0 Å². The molecule has 2 atom stereocenters. The molecule has 0 heterocycles. The van der Waals surface area contributed by atoms with Crippen molar-refractivity contribution < 1.29 is 14.7 Å². The lowest BCUT2D eigenvalue weighted by molar-refractivity contribution is -0.137. The van der Waals surface area contributed by atoms with Gasteiger partial charge < -0.3 is 16.2 Å². The van der Waals surface area contributed by atoms with Crippen LogP contribution in [0, 0.1) is 0 Å². The molecule has 4 N–H and O–H groups in total. The maximum atomic E-state index is 11.9. The molecule has 1 rings (SSSR count). The summed E-state index contributed by atoms with van der Waals surface area (Å²) >= 11 is 0. The average Bonchev–Trinajstić information content (AvgIpc) is 2.44. The van der Waals surface area contributed by atoms with Gasteiger partial charge in [0.1, 0.15) is 0 Å². The molecule has 0 aromatic heterocycles. The van der Waals surface area contributed by atoms with Gasteiger partial charge in [0.2, 0.25) is 5.91 Å². The molecule has 0 fully saturated rings. The van der Waals surface area contributed by atoms with Crippen molar-refractivity contribution in [2.24, 2.45) is 5.73 Å². The molecule has 0 aliphatic carbocycles.